The molecule has 0 unspecified atom stereocenters. The maximum Gasteiger partial charge on any atom is 0.416 e. The van der Waals surface area contributed by atoms with Crippen LogP contribution >= 0.6 is 11.6 Å². The first-order valence-corrected chi connectivity index (χ1v) is 10.5. The number of fused-ring (bicyclic) bond motifs is 1. The molecule has 3 amide bonds. The lowest BCUT2D eigenvalue weighted by atomic mass is 10.0. The number of hydrogen-bond acceptors (Lipinski definition) is 3. The van der Waals surface area contributed by atoms with Gasteiger partial charge < -0.3 is 15.5 Å². The zero-order chi connectivity index (χ0) is 24.5. The Kier molecular flexibility index (Phi) is 6.30. The van der Waals surface area contributed by atoms with Crippen molar-refractivity contribution in [3.8, 4) is 0 Å². The summed E-state index contributed by atoms with van der Waals surface area (Å²) in [5, 5.41) is 4.57. The van der Waals surface area contributed by atoms with Gasteiger partial charge in [0.25, 0.3) is 5.91 Å². The van der Waals surface area contributed by atoms with Crippen molar-refractivity contribution in [3.63, 3.8) is 0 Å². The van der Waals surface area contributed by atoms with Crippen molar-refractivity contribution < 1.29 is 22.8 Å². The minimum Gasteiger partial charge on any atom is -0.311 e. The Bertz CT molecular complexity index is 1280. The molecule has 1 heterocycles. The van der Waals surface area contributed by atoms with Gasteiger partial charge in [-0.2, -0.15) is 13.2 Å². The summed E-state index contributed by atoms with van der Waals surface area (Å²) in [6, 6.07) is 18.1. The third-order valence-corrected chi connectivity index (χ3v) is 5.52. The molecule has 1 aliphatic rings. The van der Waals surface area contributed by atoms with Crippen LogP contribution in [-0.4, -0.2) is 30.9 Å². The molecule has 0 radical (unpaired) electrons. The van der Waals surface area contributed by atoms with Crippen LogP contribution in [0, 0.1) is 0 Å². The van der Waals surface area contributed by atoms with E-state index in [1.165, 1.54) is 4.90 Å². The highest BCUT2D eigenvalue weighted by Crippen LogP contribution is 2.34. The molecule has 0 saturated heterocycles. The second-order valence-electron chi connectivity index (χ2n) is 7.45. The number of nitrogens with zero attached hydrogens (tertiary/aromatic N) is 2. The molecule has 0 aromatic heterocycles. The molecule has 174 valence electrons. The predicted octanol–water partition coefficient (Wildman–Crippen LogP) is 5.32. The van der Waals surface area contributed by atoms with Crippen LogP contribution in [0.4, 0.5) is 29.3 Å². The van der Waals surface area contributed by atoms with Crippen LogP contribution in [-0.2, 0) is 11.0 Å². The Hall–Kier alpha value is -3.85. The number of anilines is 2. The summed E-state index contributed by atoms with van der Waals surface area (Å²) in [7, 11) is 1.57. The van der Waals surface area contributed by atoms with Gasteiger partial charge in [0.05, 0.1) is 27.7 Å². The fourth-order valence-corrected chi connectivity index (χ4v) is 3.75. The number of rotatable bonds is 3. The highest BCUT2D eigenvalue weighted by atomic mass is 35.5. The monoisotopic (exact) mass is 486 g/mol. The minimum absolute atomic E-state index is 0.0443. The summed E-state index contributed by atoms with van der Waals surface area (Å²) in [6.45, 7) is 0. The van der Waals surface area contributed by atoms with Gasteiger partial charge in [-0.15, -0.1) is 0 Å². The van der Waals surface area contributed by atoms with Crippen molar-refractivity contribution in [1.82, 2.24) is 5.32 Å². The first kappa shape index (κ1) is 23.3. The molecular weight excluding hydrogens is 469 g/mol. The van der Waals surface area contributed by atoms with Crippen molar-refractivity contribution in [3.05, 3.63) is 94.5 Å². The topological polar surface area (TPSA) is 73.8 Å². The second kappa shape index (κ2) is 9.18. The van der Waals surface area contributed by atoms with Gasteiger partial charge in [-0.1, -0.05) is 60.1 Å². The fraction of sp³-hybridized carbons (Fsp3) is 0.125. The molecule has 3 aromatic carbocycles. The summed E-state index contributed by atoms with van der Waals surface area (Å²) in [5.74, 6) is -0.493. The molecular formula is C24H18ClF3N4O2. The number of carbonyl (C=O) groups is 2. The van der Waals surface area contributed by atoms with Gasteiger partial charge in [-0.3, -0.25) is 4.79 Å². The van der Waals surface area contributed by atoms with Crippen LogP contribution < -0.4 is 15.5 Å². The van der Waals surface area contributed by atoms with Gasteiger partial charge >= 0.3 is 12.2 Å². The molecule has 10 heteroatoms. The Morgan fingerprint density at radius 3 is 2.38 bits per heavy atom. The number of urea groups is 1. The zero-order valence-electron chi connectivity index (χ0n) is 17.7. The number of carbonyl (C=O) groups excluding carboxylic acids is 2. The Morgan fingerprint density at radius 2 is 1.71 bits per heavy atom. The zero-order valence-corrected chi connectivity index (χ0v) is 18.5. The van der Waals surface area contributed by atoms with E-state index in [1.807, 2.05) is 42.5 Å². The molecule has 0 bridgehead atoms. The molecule has 1 atom stereocenters. The molecule has 34 heavy (non-hydrogen) atoms. The smallest absolute Gasteiger partial charge is 0.311 e. The molecule has 3 aromatic rings. The minimum atomic E-state index is -4.57. The Balaban J connectivity index is 1.64. The number of para-hydroxylation sites is 1. The van der Waals surface area contributed by atoms with Crippen molar-refractivity contribution in [2.75, 3.05) is 17.3 Å². The van der Waals surface area contributed by atoms with E-state index in [1.54, 1.807) is 19.2 Å². The van der Waals surface area contributed by atoms with E-state index in [-0.39, 0.29) is 10.7 Å². The largest absolute Gasteiger partial charge is 0.416 e. The van der Waals surface area contributed by atoms with E-state index in [0.29, 0.717) is 23.0 Å². The lowest BCUT2D eigenvalue weighted by Gasteiger charge is -2.21. The fourth-order valence-electron chi connectivity index (χ4n) is 3.52. The second-order valence-corrected chi connectivity index (χ2v) is 7.86. The first-order valence-electron chi connectivity index (χ1n) is 10.1. The maximum atomic E-state index is 13.1. The molecule has 0 fully saturated rings. The van der Waals surface area contributed by atoms with Crippen molar-refractivity contribution in [2.45, 2.75) is 12.3 Å². The predicted molar refractivity (Wildman–Crippen MR) is 124 cm³/mol. The van der Waals surface area contributed by atoms with Crippen molar-refractivity contribution in [2.24, 2.45) is 4.99 Å². The molecule has 0 saturated carbocycles. The van der Waals surface area contributed by atoms with Gasteiger partial charge in [0, 0.05) is 18.2 Å². The summed E-state index contributed by atoms with van der Waals surface area (Å²) in [4.78, 5) is 31.7. The number of benzodiazepines with no additional fused rings is 1. The van der Waals surface area contributed by atoms with Crippen LogP contribution in [0.2, 0.25) is 5.02 Å². The van der Waals surface area contributed by atoms with Gasteiger partial charge in [0.1, 0.15) is 0 Å². The SMILES string of the molecule is CN1C(=O)[C@H](NC(=O)Nc2ccc(C(F)(F)F)cc2Cl)N=C(c2ccccc2)c2ccccc21. The number of nitrogens with one attached hydrogen (secondary N) is 2. The van der Waals surface area contributed by atoms with E-state index in [4.69, 9.17) is 11.6 Å². The summed E-state index contributed by atoms with van der Waals surface area (Å²) < 4.78 is 38.6. The third-order valence-electron chi connectivity index (χ3n) is 5.20. The van der Waals surface area contributed by atoms with E-state index in [9.17, 15) is 22.8 Å². The van der Waals surface area contributed by atoms with E-state index >= 15 is 0 Å². The van der Waals surface area contributed by atoms with Gasteiger partial charge in [0.15, 0.2) is 0 Å². The quantitative estimate of drug-likeness (QED) is 0.526. The number of benzene rings is 3. The third kappa shape index (κ3) is 4.74. The summed E-state index contributed by atoms with van der Waals surface area (Å²) >= 11 is 5.92. The number of halogens is 4. The number of alkyl halides is 3. The van der Waals surface area contributed by atoms with Gasteiger partial charge in [-0.05, 0) is 24.3 Å². The first-order chi connectivity index (χ1) is 16.1. The molecule has 0 spiro atoms. The van der Waals surface area contributed by atoms with Crippen LogP contribution in [0.15, 0.2) is 77.8 Å². The number of amides is 3. The van der Waals surface area contributed by atoms with Gasteiger partial charge in [-0.25, -0.2) is 9.79 Å². The molecule has 4 rings (SSSR count). The standard InChI is InChI=1S/C24H18ClF3N4O2/c1-32-19-10-6-5-9-16(19)20(14-7-3-2-4-8-14)30-21(22(32)33)31-23(34)29-18-12-11-15(13-17(18)25)24(26,27)28/h2-13,21H,1H3,(H2,29,31,34)/t21-/m0/s1. The van der Waals surface area contributed by atoms with Crippen molar-refractivity contribution >= 4 is 40.6 Å². The number of likely N-dealkylation sites (N-methyl/N-ethyl adjacent to an activating group) is 1. The highest BCUT2D eigenvalue weighted by molar-refractivity contribution is 6.33. The average molecular weight is 487 g/mol. The van der Waals surface area contributed by atoms with Crippen LogP contribution in [0.5, 0.6) is 0 Å². The van der Waals surface area contributed by atoms with Crippen LogP contribution in [0.1, 0.15) is 16.7 Å². The molecule has 2 N–H and O–H groups in total. The Morgan fingerprint density at radius 1 is 1.03 bits per heavy atom. The number of aliphatic imine (C=N–C) groups is 1. The van der Waals surface area contributed by atoms with Crippen LogP contribution in [0.25, 0.3) is 0 Å². The van der Waals surface area contributed by atoms with E-state index in [0.717, 1.165) is 17.7 Å². The Labute approximate surface area is 198 Å². The lowest BCUT2D eigenvalue weighted by Crippen LogP contribution is -2.47. The molecule has 1 aliphatic heterocycles. The van der Waals surface area contributed by atoms with Crippen LogP contribution in [0.3, 0.4) is 0 Å². The van der Waals surface area contributed by atoms with Crippen molar-refractivity contribution in [1.29, 1.82) is 0 Å². The highest BCUT2D eigenvalue weighted by Gasteiger charge is 2.32. The summed E-state index contributed by atoms with van der Waals surface area (Å²) in [5.41, 5.74) is 1.59. The van der Waals surface area contributed by atoms with E-state index in [2.05, 4.69) is 15.6 Å². The number of hydrogen-bond donors (Lipinski definition) is 2. The molecule has 0 aliphatic carbocycles. The molecule has 6 nitrogen and oxygen atoms in total. The summed E-state index contributed by atoms with van der Waals surface area (Å²) in [6.07, 6.45) is -5.86. The lowest BCUT2D eigenvalue weighted by molar-refractivity contribution is -0.137. The van der Waals surface area contributed by atoms with E-state index < -0.39 is 29.8 Å². The van der Waals surface area contributed by atoms with Gasteiger partial charge in [0.2, 0.25) is 6.17 Å². The average Bonchev–Trinajstić information content (AvgIpc) is 2.91. The maximum absolute atomic E-state index is 13.1. The normalized spacial score (nSPS) is 15.8.